The third-order valence-corrected chi connectivity index (χ3v) is 1.40. The van der Waals surface area contributed by atoms with Crippen molar-refractivity contribution in [3.8, 4) is 0 Å². The molecule has 0 aromatic heterocycles. The van der Waals surface area contributed by atoms with E-state index < -0.39 is 12.0 Å². The maximum Gasteiger partial charge on any atom is 0.250 e. The van der Waals surface area contributed by atoms with Crippen molar-refractivity contribution in [1.29, 1.82) is 0 Å². The van der Waals surface area contributed by atoms with Gasteiger partial charge in [-0.05, 0) is 19.9 Å². The predicted molar refractivity (Wildman–Crippen MR) is 59.3 cm³/mol. The molecule has 1 unspecified atom stereocenters. The van der Waals surface area contributed by atoms with Crippen LogP contribution < -0.4 is 5.73 Å². The molecule has 0 saturated heterocycles. The zero-order valence-corrected chi connectivity index (χ0v) is 9.53. The van der Waals surface area contributed by atoms with Gasteiger partial charge in [0.25, 0.3) is 0 Å². The Hall–Kier alpha value is -1.16. The number of aliphatic imine (C=N–C) groups is 1. The summed E-state index contributed by atoms with van der Waals surface area (Å²) in [6.45, 7) is 7.21. The molecular formula is C10H20N2O2. The Morgan fingerprint density at radius 1 is 1.50 bits per heavy atom. The fraction of sp³-hybridized carbons (Fsp3) is 0.600. The molecule has 14 heavy (non-hydrogen) atoms. The summed E-state index contributed by atoms with van der Waals surface area (Å²) in [5.41, 5.74) is 5.86. The first kappa shape index (κ1) is 15.3. The van der Waals surface area contributed by atoms with E-state index in [0.717, 1.165) is 0 Å². The van der Waals surface area contributed by atoms with Crippen molar-refractivity contribution in [3.05, 3.63) is 11.6 Å². The van der Waals surface area contributed by atoms with E-state index >= 15 is 0 Å². The highest BCUT2D eigenvalue weighted by molar-refractivity contribution is 6.20. The SMILES string of the molecule is CC.CN=C(C)/C(=C\C(C)O)C(N)=O. The summed E-state index contributed by atoms with van der Waals surface area (Å²) >= 11 is 0. The van der Waals surface area contributed by atoms with Crippen LogP contribution in [-0.4, -0.2) is 29.9 Å². The highest BCUT2D eigenvalue weighted by Gasteiger charge is 2.08. The van der Waals surface area contributed by atoms with Crippen molar-refractivity contribution >= 4 is 11.6 Å². The number of amides is 1. The quantitative estimate of drug-likeness (QED) is 0.524. The van der Waals surface area contributed by atoms with Crippen LogP contribution in [-0.2, 0) is 4.79 Å². The number of rotatable bonds is 3. The molecule has 3 N–H and O–H groups in total. The molecule has 0 heterocycles. The summed E-state index contributed by atoms with van der Waals surface area (Å²) in [6.07, 6.45) is 0.689. The molecule has 0 aromatic rings. The van der Waals surface area contributed by atoms with Crippen molar-refractivity contribution < 1.29 is 9.90 Å². The molecule has 0 fully saturated rings. The van der Waals surface area contributed by atoms with Crippen LogP contribution in [0.4, 0.5) is 0 Å². The molecule has 0 saturated carbocycles. The maximum absolute atomic E-state index is 10.8. The van der Waals surface area contributed by atoms with Gasteiger partial charge in [-0.3, -0.25) is 9.79 Å². The van der Waals surface area contributed by atoms with Crippen molar-refractivity contribution in [3.63, 3.8) is 0 Å². The first-order chi connectivity index (χ1) is 6.49. The number of hydrogen-bond acceptors (Lipinski definition) is 3. The van der Waals surface area contributed by atoms with Gasteiger partial charge in [0.05, 0.1) is 11.7 Å². The number of nitrogens with zero attached hydrogens (tertiary/aromatic N) is 1. The minimum Gasteiger partial charge on any atom is -0.389 e. The van der Waals surface area contributed by atoms with Gasteiger partial charge in [-0.2, -0.15) is 0 Å². The normalized spacial score (nSPS) is 14.1. The minimum absolute atomic E-state index is 0.271. The number of aliphatic hydroxyl groups excluding tert-OH is 1. The summed E-state index contributed by atoms with van der Waals surface area (Å²) in [4.78, 5) is 14.6. The fourth-order valence-electron chi connectivity index (χ4n) is 0.743. The highest BCUT2D eigenvalue weighted by Crippen LogP contribution is 1.99. The van der Waals surface area contributed by atoms with Gasteiger partial charge in [-0.25, -0.2) is 0 Å². The van der Waals surface area contributed by atoms with Crippen molar-refractivity contribution in [2.24, 2.45) is 10.7 Å². The molecule has 4 nitrogen and oxygen atoms in total. The van der Waals surface area contributed by atoms with Crippen LogP contribution in [0.2, 0.25) is 0 Å². The largest absolute Gasteiger partial charge is 0.389 e. The number of aliphatic hydroxyl groups is 1. The fourth-order valence-corrected chi connectivity index (χ4v) is 0.743. The van der Waals surface area contributed by atoms with Gasteiger partial charge in [0.2, 0.25) is 5.91 Å². The Balaban J connectivity index is 0. The molecular weight excluding hydrogens is 180 g/mol. The lowest BCUT2D eigenvalue weighted by atomic mass is 10.1. The van der Waals surface area contributed by atoms with Gasteiger partial charge in [0, 0.05) is 12.8 Å². The van der Waals surface area contributed by atoms with E-state index in [1.807, 2.05) is 13.8 Å². The van der Waals surface area contributed by atoms with Crippen molar-refractivity contribution in [1.82, 2.24) is 0 Å². The molecule has 0 aromatic carbocycles. The molecule has 0 rings (SSSR count). The Labute approximate surface area is 85.5 Å². The predicted octanol–water partition coefficient (Wildman–Crippen LogP) is 0.896. The standard InChI is InChI=1S/C8H14N2O2.C2H6/c1-5(11)4-7(8(9)12)6(2)10-3;1-2/h4-5,11H,1-3H3,(H2,9,12);1-2H3/b7-4+,10-6?;. The Kier molecular flexibility index (Phi) is 9.23. The lowest BCUT2D eigenvalue weighted by molar-refractivity contribution is -0.114. The summed E-state index contributed by atoms with van der Waals surface area (Å²) < 4.78 is 0. The van der Waals surface area contributed by atoms with Crippen LogP contribution in [0.25, 0.3) is 0 Å². The number of carbonyl (C=O) groups excluding carboxylic acids is 1. The molecule has 0 aliphatic heterocycles. The number of carbonyl (C=O) groups is 1. The topological polar surface area (TPSA) is 75.7 Å². The molecule has 4 heteroatoms. The van der Waals surface area contributed by atoms with E-state index in [0.29, 0.717) is 5.71 Å². The van der Waals surface area contributed by atoms with Crippen molar-refractivity contribution in [2.75, 3.05) is 7.05 Å². The number of primary amides is 1. The van der Waals surface area contributed by atoms with Crippen LogP contribution in [0.3, 0.4) is 0 Å². The minimum atomic E-state index is -0.691. The molecule has 1 amide bonds. The zero-order chi connectivity index (χ0) is 11.7. The van der Waals surface area contributed by atoms with E-state index in [9.17, 15) is 4.79 Å². The van der Waals surface area contributed by atoms with Crippen LogP contribution in [0.5, 0.6) is 0 Å². The number of hydrogen-bond donors (Lipinski definition) is 2. The zero-order valence-electron chi connectivity index (χ0n) is 9.53. The van der Waals surface area contributed by atoms with Gasteiger partial charge in [0.15, 0.2) is 0 Å². The molecule has 82 valence electrons. The Morgan fingerprint density at radius 3 is 2.14 bits per heavy atom. The van der Waals surface area contributed by atoms with E-state index in [-0.39, 0.29) is 5.57 Å². The van der Waals surface area contributed by atoms with Gasteiger partial charge < -0.3 is 10.8 Å². The highest BCUT2D eigenvalue weighted by atomic mass is 16.3. The summed E-state index contributed by atoms with van der Waals surface area (Å²) in [7, 11) is 1.56. The molecule has 0 radical (unpaired) electrons. The van der Waals surface area contributed by atoms with Crippen LogP contribution in [0.1, 0.15) is 27.7 Å². The summed E-state index contributed by atoms with van der Waals surface area (Å²) in [5.74, 6) is -0.570. The lowest BCUT2D eigenvalue weighted by Gasteiger charge is -2.03. The second kappa shape index (κ2) is 8.44. The average Bonchev–Trinajstić information content (AvgIpc) is 2.15. The lowest BCUT2D eigenvalue weighted by Crippen LogP contribution is -2.20. The van der Waals surface area contributed by atoms with Gasteiger partial charge in [-0.15, -0.1) is 0 Å². The number of nitrogens with two attached hydrogens (primary N) is 1. The molecule has 1 atom stereocenters. The Morgan fingerprint density at radius 2 is 1.93 bits per heavy atom. The van der Waals surface area contributed by atoms with E-state index in [1.165, 1.54) is 6.08 Å². The van der Waals surface area contributed by atoms with Crippen LogP contribution >= 0.6 is 0 Å². The monoisotopic (exact) mass is 200 g/mol. The van der Waals surface area contributed by atoms with Crippen LogP contribution in [0, 0.1) is 0 Å². The molecule has 0 spiro atoms. The first-order valence-corrected chi connectivity index (χ1v) is 4.62. The summed E-state index contributed by atoms with van der Waals surface area (Å²) in [5, 5.41) is 8.98. The van der Waals surface area contributed by atoms with Crippen LogP contribution in [0.15, 0.2) is 16.6 Å². The van der Waals surface area contributed by atoms with E-state index in [1.54, 1.807) is 20.9 Å². The molecule has 0 aliphatic rings. The smallest absolute Gasteiger partial charge is 0.250 e. The van der Waals surface area contributed by atoms with Gasteiger partial charge in [0.1, 0.15) is 0 Å². The third kappa shape index (κ3) is 6.37. The second-order valence-electron chi connectivity index (χ2n) is 2.49. The Bertz CT molecular complexity index is 230. The van der Waals surface area contributed by atoms with Gasteiger partial charge >= 0.3 is 0 Å². The molecule has 0 aliphatic carbocycles. The van der Waals surface area contributed by atoms with E-state index in [4.69, 9.17) is 10.8 Å². The molecule has 0 bridgehead atoms. The summed E-state index contributed by atoms with van der Waals surface area (Å²) in [6, 6.07) is 0. The average molecular weight is 200 g/mol. The van der Waals surface area contributed by atoms with Gasteiger partial charge in [-0.1, -0.05) is 13.8 Å². The maximum atomic E-state index is 10.8. The van der Waals surface area contributed by atoms with Crippen molar-refractivity contribution in [2.45, 2.75) is 33.8 Å². The third-order valence-electron chi connectivity index (χ3n) is 1.40. The van der Waals surface area contributed by atoms with E-state index in [2.05, 4.69) is 4.99 Å². The first-order valence-electron chi connectivity index (χ1n) is 4.62. The second-order valence-corrected chi connectivity index (χ2v) is 2.49.